The van der Waals surface area contributed by atoms with Crippen LogP contribution in [0.15, 0.2) is 42.5 Å². The molecule has 0 radical (unpaired) electrons. The number of nitrogens with zero attached hydrogens (tertiary/aromatic N) is 2. The van der Waals surface area contributed by atoms with Crippen molar-refractivity contribution in [3.63, 3.8) is 0 Å². The molecule has 3 aliphatic heterocycles. The van der Waals surface area contributed by atoms with Gasteiger partial charge in [-0.2, -0.15) is 0 Å². The highest BCUT2D eigenvalue weighted by Crippen LogP contribution is 2.38. The molecule has 1 unspecified atom stereocenters. The van der Waals surface area contributed by atoms with Gasteiger partial charge in [0.1, 0.15) is 5.54 Å². The smallest absolute Gasteiger partial charge is 0.325 e. The first-order chi connectivity index (χ1) is 16.0. The van der Waals surface area contributed by atoms with Crippen LogP contribution >= 0.6 is 11.6 Å². The molecule has 1 N–H and O–H groups in total. The average Bonchev–Trinajstić information content (AvgIpc) is 3.39. The monoisotopic (exact) mass is 469 g/mol. The largest absolute Gasteiger partial charge is 0.454 e. The number of rotatable bonds is 6. The van der Waals surface area contributed by atoms with Crippen LogP contribution in [-0.4, -0.2) is 47.2 Å². The predicted octanol–water partition coefficient (Wildman–Crippen LogP) is 4.18. The summed E-state index contributed by atoms with van der Waals surface area (Å²) in [6, 6.07) is 13.1. The van der Waals surface area contributed by atoms with Crippen LogP contribution in [0.4, 0.5) is 4.79 Å². The van der Waals surface area contributed by atoms with Gasteiger partial charge >= 0.3 is 6.03 Å². The van der Waals surface area contributed by atoms with Gasteiger partial charge in [-0.05, 0) is 67.6 Å². The zero-order valence-electron chi connectivity index (χ0n) is 18.7. The molecule has 0 spiro atoms. The van der Waals surface area contributed by atoms with Crippen LogP contribution < -0.4 is 14.8 Å². The van der Waals surface area contributed by atoms with E-state index in [9.17, 15) is 9.59 Å². The quantitative estimate of drug-likeness (QED) is 0.642. The number of piperidine rings is 1. The normalized spacial score (nSPS) is 23.3. The molecular weight excluding hydrogens is 442 g/mol. The van der Waals surface area contributed by atoms with Gasteiger partial charge in [-0.25, -0.2) is 4.79 Å². The van der Waals surface area contributed by atoms with Gasteiger partial charge in [0.2, 0.25) is 6.79 Å². The molecule has 3 amide bonds. The van der Waals surface area contributed by atoms with E-state index in [1.54, 1.807) is 0 Å². The van der Waals surface area contributed by atoms with Gasteiger partial charge in [0.05, 0.1) is 6.54 Å². The number of hydrogen-bond acceptors (Lipinski definition) is 5. The maximum absolute atomic E-state index is 13.6. The molecule has 0 saturated carbocycles. The fourth-order valence-corrected chi connectivity index (χ4v) is 5.46. The molecule has 2 saturated heterocycles. The molecule has 174 valence electrons. The van der Waals surface area contributed by atoms with Gasteiger partial charge in [-0.15, -0.1) is 0 Å². The van der Waals surface area contributed by atoms with E-state index in [0.29, 0.717) is 17.9 Å². The zero-order valence-corrected chi connectivity index (χ0v) is 19.4. The third kappa shape index (κ3) is 4.04. The standard InChI is InChI=1S/C25H28ClN3O4/c1-2-25(19-9-11-28(12-10-19)15-18-5-3-4-6-20(18)26)23(30)29(24(31)27-25)14-17-7-8-21-22(13-17)33-16-32-21/h3-8,13,19H,2,9-12,14-16H2,1H3,(H,27,31). The molecule has 2 aromatic rings. The molecule has 5 rings (SSSR count). The van der Waals surface area contributed by atoms with Crippen molar-refractivity contribution in [2.24, 2.45) is 5.92 Å². The molecule has 3 aliphatic rings. The van der Waals surface area contributed by atoms with Crippen molar-refractivity contribution in [3.05, 3.63) is 58.6 Å². The number of carbonyl (C=O) groups excluding carboxylic acids is 2. The average molecular weight is 470 g/mol. The van der Waals surface area contributed by atoms with E-state index < -0.39 is 5.54 Å². The van der Waals surface area contributed by atoms with Crippen LogP contribution in [0.3, 0.4) is 0 Å². The van der Waals surface area contributed by atoms with Crippen LogP contribution in [0.1, 0.15) is 37.3 Å². The number of likely N-dealkylation sites (tertiary alicyclic amines) is 1. The van der Waals surface area contributed by atoms with Crippen LogP contribution in [0.2, 0.25) is 5.02 Å². The lowest BCUT2D eigenvalue weighted by atomic mass is 9.75. The number of nitrogens with one attached hydrogen (secondary N) is 1. The minimum atomic E-state index is -0.843. The van der Waals surface area contributed by atoms with Gasteiger partial charge in [0, 0.05) is 11.6 Å². The molecule has 0 bridgehead atoms. The Hall–Kier alpha value is -2.77. The lowest BCUT2D eigenvalue weighted by molar-refractivity contribution is -0.134. The first kappa shape index (κ1) is 22.0. The van der Waals surface area contributed by atoms with Crippen molar-refractivity contribution in [2.75, 3.05) is 19.9 Å². The Morgan fingerprint density at radius 3 is 2.58 bits per heavy atom. The second-order valence-electron chi connectivity index (χ2n) is 8.98. The van der Waals surface area contributed by atoms with E-state index in [2.05, 4.69) is 16.3 Å². The molecule has 8 heteroatoms. The molecule has 2 aromatic carbocycles. The van der Waals surface area contributed by atoms with E-state index in [1.165, 1.54) is 4.90 Å². The molecule has 0 aliphatic carbocycles. The van der Waals surface area contributed by atoms with E-state index in [4.69, 9.17) is 21.1 Å². The lowest BCUT2D eigenvalue weighted by Crippen LogP contribution is -2.55. The second kappa shape index (κ2) is 8.88. The van der Waals surface area contributed by atoms with Crippen molar-refractivity contribution in [1.29, 1.82) is 0 Å². The minimum absolute atomic E-state index is 0.100. The third-order valence-electron chi connectivity index (χ3n) is 7.17. The Kier molecular flexibility index (Phi) is 5.93. The number of hydrogen-bond donors (Lipinski definition) is 1. The van der Waals surface area contributed by atoms with Gasteiger partial charge < -0.3 is 14.8 Å². The SMILES string of the molecule is CCC1(C2CCN(Cc3ccccc3Cl)CC2)NC(=O)N(Cc2ccc3c(c2)OCO3)C1=O. The van der Waals surface area contributed by atoms with Crippen LogP contribution in [0.5, 0.6) is 11.5 Å². The fraction of sp³-hybridized carbons (Fsp3) is 0.440. The van der Waals surface area contributed by atoms with Gasteiger partial charge in [-0.3, -0.25) is 14.6 Å². The molecule has 1 atom stereocenters. The second-order valence-corrected chi connectivity index (χ2v) is 9.38. The third-order valence-corrected chi connectivity index (χ3v) is 7.54. The number of benzene rings is 2. The summed E-state index contributed by atoms with van der Waals surface area (Å²) in [4.78, 5) is 30.2. The summed E-state index contributed by atoms with van der Waals surface area (Å²) in [5.74, 6) is 1.30. The number of fused-ring (bicyclic) bond motifs is 1. The van der Waals surface area contributed by atoms with Crippen molar-refractivity contribution in [2.45, 2.75) is 44.8 Å². The van der Waals surface area contributed by atoms with E-state index in [-0.39, 0.29) is 31.2 Å². The highest BCUT2D eigenvalue weighted by Gasteiger charge is 2.54. The van der Waals surface area contributed by atoms with Gasteiger partial charge in [-0.1, -0.05) is 42.8 Å². The highest BCUT2D eigenvalue weighted by atomic mass is 35.5. The summed E-state index contributed by atoms with van der Waals surface area (Å²) < 4.78 is 10.8. The Morgan fingerprint density at radius 2 is 1.82 bits per heavy atom. The lowest BCUT2D eigenvalue weighted by Gasteiger charge is -2.40. The summed E-state index contributed by atoms with van der Waals surface area (Å²) >= 11 is 6.33. The topological polar surface area (TPSA) is 71.1 Å². The maximum Gasteiger partial charge on any atom is 0.325 e. The number of imide groups is 1. The van der Waals surface area contributed by atoms with Crippen LogP contribution in [0, 0.1) is 5.92 Å². The van der Waals surface area contributed by atoms with Crippen molar-refractivity contribution < 1.29 is 19.1 Å². The summed E-state index contributed by atoms with van der Waals surface area (Å²) in [5, 5.41) is 3.85. The van der Waals surface area contributed by atoms with E-state index >= 15 is 0 Å². The molecular formula is C25H28ClN3O4. The molecule has 7 nitrogen and oxygen atoms in total. The van der Waals surface area contributed by atoms with Crippen molar-refractivity contribution in [3.8, 4) is 11.5 Å². The van der Waals surface area contributed by atoms with E-state index in [1.807, 2.05) is 43.3 Å². The summed E-state index contributed by atoms with van der Waals surface area (Å²) in [5.41, 5.74) is 1.11. The predicted molar refractivity (Wildman–Crippen MR) is 124 cm³/mol. The summed E-state index contributed by atoms with van der Waals surface area (Å²) in [6.07, 6.45) is 2.27. The van der Waals surface area contributed by atoms with Crippen molar-refractivity contribution in [1.82, 2.24) is 15.1 Å². The fourth-order valence-electron chi connectivity index (χ4n) is 5.27. The summed E-state index contributed by atoms with van der Waals surface area (Å²) in [6.45, 7) is 4.91. The number of ether oxygens (including phenoxy) is 2. The Morgan fingerprint density at radius 1 is 1.06 bits per heavy atom. The number of urea groups is 1. The van der Waals surface area contributed by atoms with Crippen molar-refractivity contribution >= 4 is 23.5 Å². The molecule has 3 heterocycles. The molecule has 33 heavy (non-hydrogen) atoms. The Bertz CT molecular complexity index is 1070. The summed E-state index contributed by atoms with van der Waals surface area (Å²) in [7, 11) is 0. The first-order valence-electron chi connectivity index (χ1n) is 11.5. The number of carbonyl (C=O) groups is 2. The molecule has 0 aromatic heterocycles. The Balaban J connectivity index is 1.26. The van der Waals surface area contributed by atoms with Gasteiger partial charge in [0.25, 0.3) is 5.91 Å². The first-order valence-corrected chi connectivity index (χ1v) is 11.9. The maximum atomic E-state index is 13.6. The number of amides is 3. The highest BCUT2D eigenvalue weighted by molar-refractivity contribution is 6.31. The van der Waals surface area contributed by atoms with E-state index in [0.717, 1.165) is 48.6 Å². The van der Waals surface area contributed by atoms with Crippen LogP contribution in [-0.2, 0) is 17.9 Å². The Labute approximate surface area is 198 Å². The minimum Gasteiger partial charge on any atom is -0.454 e. The zero-order chi connectivity index (χ0) is 23.0. The molecule has 2 fully saturated rings. The van der Waals surface area contributed by atoms with Gasteiger partial charge in [0.15, 0.2) is 11.5 Å². The number of halogens is 1. The van der Waals surface area contributed by atoms with Crippen LogP contribution in [0.25, 0.3) is 0 Å².